The van der Waals surface area contributed by atoms with E-state index in [9.17, 15) is 0 Å². The summed E-state index contributed by atoms with van der Waals surface area (Å²) >= 11 is 9.58. The smallest absolute Gasteiger partial charge is 0.223 e. The number of ether oxygens (including phenoxy) is 1. The van der Waals surface area contributed by atoms with Crippen molar-refractivity contribution in [3.63, 3.8) is 0 Å². The first kappa shape index (κ1) is 16.5. The maximum Gasteiger partial charge on any atom is 0.223 e. The van der Waals surface area contributed by atoms with E-state index in [2.05, 4.69) is 36.2 Å². The van der Waals surface area contributed by atoms with Crippen LogP contribution in [0.4, 0.5) is 5.95 Å². The van der Waals surface area contributed by atoms with Gasteiger partial charge in [-0.2, -0.15) is 0 Å². The van der Waals surface area contributed by atoms with E-state index in [4.69, 9.17) is 16.3 Å². The lowest BCUT2D eigenvalue weighted by Crippen LogP contribution is -2.30. The summed E-state index contributed by atoms with van der Waals surface area (Å²) in [7, 11) is 0. The highest BCUT2D eigenvalue weighted by atomic mass is 79.9. The van der Waals surface area contributed by atoms with E-state index in [0.29, 0.717) is 23.2 Å². The quantitative estimate of drug-likeness (QED) is 0.729. The van der Waals surface area contributed by atoms with Crippen molar-refractivity contribution >= 4 is 44.4 Å². The summed E-state index contributed by atoms with van der Waals surface area (Å²) in [5.41, 5.74) is 0.786. The lowest BCUT2D eigenvalue weighted by molar-refractivity contribution is 0.0203. The molecule has 0 radical (unpaired) electrons. The molecule has 0 aromatic carbocycles. The number of aromatic nitrogens is 3. The van der Waals surface area contributed by atoms with Crippen LogP contribution in [-0.2, 0) is 4.74 Å². The second kappa shape index (κ2) is 7.10. The van der Waals surface area contributed by atoms with Crippen molar-refractivity contribution in [2.45, 2.75) is 50.7 Å². The number of nitrogens with zero attached hydrogens (tertiary/aromatic N) is 3. The minimum absolute atomic E-state index is 0.402. The summed E-state index contributed by atoms with van der Waals surface area (Å²) in [4.78, 5) is 13.1. The lowest BCUT2D eigenvalue weighted by Gasteiger charge is -2.29. The highest BCUT2D eigenvalue weighted by molar-refractivity contribution is 9.10. The summed E-state index contributed by atoms with van der Waals surface area (Å²) in [6.45, 7) is 0.958. The first-order chi connectivity index (χ1) is 11.7. The zero-order valence-corrected chi connectivity index (χ0v) is 15.7. The van der Waals surface area contributed by atoms with Gasteiger partial charge in [-0.15, -0.1) is 0 Å². The van der Waals surface area contributed by atoms with Gasteiger partial charge in [0.2, 0.25) is 5.95 Å². The summed E-state index contributed by atoms with van der Waals surface area (Å²) in [6.07, 6.45) is 10.9. The fraction of sp³-hybridized carbons (Fsp3) is 0.588. The minimum atomic E-state index is 0.402. The molecule has 2 aromatic heterocycles. The second-order valence-corrected chi connectivity index (χ2v) is 7.96. The second-order valence-electron chi connectivity index (χ2n) is 6.75. The van der Waals surface area contributed by atoms with Gasteiger partial charge < -0.3 is 10.1 Å². The molecule has 2 saturated carbocycles. The standard InChI is InChI=1S/C17H20BrClN4O/c18-14-8-20-16(19)13-7-21-17(23-15(13)14)22-11-3-5-12(6-4-11)24-9-10-1-2-10/h7-8,10-12H,1-6,9H2,(H,21,22,23). The molecular weight excluding hydrogens is 392 g/mol. The summed E-state index contributed by atoms with van der Waals surface area (Å²) < 4.78 is 6.83. The van der Waals surface area contributed by atoms with Crippen molar-refractivity contribution in [3.8, 4) is 0 Å². The average Bonchev–Trinajstić information content (AvgIpc) is 3.42. The molecule has 24 heavy (non-hydrogen) atoms. The summed E-state index contributed by atoms with van der Waals surface area (Å²) in [5.74, 6) is 1.49. The van der Waals surface area contributed by atoms with Crippen LogP contribution in [0.5, 0.6) is 0 Å². The van der Waals surface area contributed by atoms with Gasteiger partial charge in [0.05, 0.1) is 21.5 Å². The molecule has 0 atom stereocenters. The van der Waals surface area contributed by atoms with Crippen LogP contribution in [0.15, 0.2) is 16.9 Å². The zero-order chi connectivity index (χ0) is 16.5. The Hall–Kier alpha value is -0.980. The minimum Gasteiger partial charge on any atom is -0.378 e. The molecule has 2 aliphatic rings. The molecule has 4 rings (SSSR count). The van der Waals surface area contributed by atoms with Crippen LogP contribution in [0.3, 0.4) is 0 Å². The third-order valence-electron chi connectivity index (χ3n) is 4.80. The van der Waals surface area contributed by atoms with Crippen LogP contribution < -0.4 is 5.32 Å². The molecule has 2 fully saturated rings. The van der Waals surface area contributed by atoms with Crippen molar-refractivity contribution in [1.29, 1.82) is 0 Å². The zero-order valence-electron chi connectivity index (χ0n) is 13.3. The van der Waals surface area contributed by atoms with Gasteiger partial charge in [0.25, 0.3) is 0 Å². The van der Waals surface area contributed by atoms with Crippen molar-refractivity contribution < 1.29 is 4.74 Å². The van der Waals surface area contributed by atoms with Gasteiger partial charge in [0.15, 0.2) is 0 Å². The third-order valence-corrected chi connectivity index (χ3v) is 5.68. The fourth-order valence-electron chi connectivity index (χ4n) is 3.14. The van der Waals surface area contributed by atoms with E-state index in [-0.39, 0.29) is 0 Å². The fourth-order valence-corrected chi connectivity index (χ4v) is 3.73. The van der Waals surface area contributed by atoms with Gasteiger partial charge in [0.1, 0.15) is 5.15 Å². The van der Waals surface area contributed by atoms with Crippen molar-refractivity contribution in [2.75, 3.05) is 11.9 Å². The predicted molar refractivity (Wildman–Crippen MR) is 98.4 cm³/mol. The number of halogens is 2. The summed E-state index contributed by atoms with van der Waals surface area (Å²) in [5, 5.41) is 4.64. The number of anilines is 1. The number of pyridine rings is 1. The maximum atomic E-state index is 6.10. The highest BCUT2D eigenvalue weighted by Crippen LogP contribution is 2.31. The topological polar surface area (TPSA) is 59.9 Å². The summed E-state index contributed by atoms with van der Waals surface area (Å²) in [6, 6.07) is 0.402. The number of fused-ring (bicyclic) bond motifs is 1. The number of hydrogen-bond acceptors (Lipinski definition) is 5. The molecule has 128 valence electrons. The van der Waals surface area contributed by atoms with E-state index < -0.39 is 0 Å². The Bertz CT molecular complexity index is 732. The van der Waals surface area contributed by atoms with Gasteiger partial charge in [-0.3, -0.25) is 0 Å². The normalized spacial score (nSPS) is 24.2. The van der Waals surface area contributed by atoms with E-state index in [1.165, 1.54) is 12.8 Å². The van der Waals surface area contributed by atoms with E-state index >= 15 is 0 Å². The molecule has 5 nitrogen and oxygen atoms in total. The molecule has 0 bridgehead atoms. The van der Waals surface area contributed by atoms with E-state index in [1.807, 2.05) is 0 Å². The van der Waals surface area contributed by atoms with Crippen LogP contribution in [-0.4, -0.2) is 33.7 Å². The van der Waals surface area contributed by atoms with E-state index in [0.717, 1.165) is 53.6 Å². The monoisotopic (exact) mass is 410 g/mol. The van der Waals surface area contributed by atoms with Gasteiger partial charge in [-0.1, -0.05) is 11.6 Å². The largest absolute Gasteiger partial charge is 0.378 e. The Labute approximate surface area is 154 Å². The molecule has 1 N–H and O–H groups in total. The maximum absolute atomic E-state index is 6.10. The van der Waals surface area contributed by atoms with Gasteiger partial charge in [0, 0.05) is 25.0 Å². The molecule has 0 saturated heterocycles. The predicted octanol–water partition coefficient (Wildman–Crippen LogP) is 4.59. The molecule has 7 heteroatoms. The van der Waals surface area contributed by atoms with E-state index in [1.54, 1.807) is 12.4 Å². The van der Waals surface area contributed by atoms with Gasteiger partial charge in [-0.25, -0.2) is 15.0 Å². The Morgan fingerprint density at radius 1 is 1.12 bits per heavy atom. The van der Waals surface area contributed by atoms with Crippen molar-refractivity contribution in [3.05, 3.63) is 22.0 Å². The molecule has 2 heterocycles. The van der Waals surface area contributed by atoms with Gasteiger partial charge >= 0.3 is 0 Å². The van der Waals surface area contributed by atoms with Gasteiger partial charge in [-0.05, 0) is 60.4 Å². The first-order valence-corrected chi connectivity index (χ1v) is 9.71. The van der Waals surface area contributed by atoms with Crippen LogP contribution in [0.1, 0.15) is 38.5 Å². The number of hydrogen-bond donors (Lipinski definition) is 1. The van der Waals surface area contributed by atoms with Crippen LogP contribution >= 0.6 is 27.5 Å². The molecule has 2 aromatic rings. The highest BCUT2D eigenvalue weighted by Gasteiger charge is 2.26. The molecular formula is C17H20BrClN4O. The molecule has 0 spiro atoms. The molecule has 2 aliphatic carbocycles. The Morgan fingerprint density at radius 3 is 2.67 bits per heavy atom. The molecule has 0 amide bonds. The van der Waals surface area contributed by atoms with Crippen molar-refractivity contribution in [2.24, 2.45) is 5.92 Å². The Morgan fingerprint density at radius 2 is 1.92 bits per heavy atom. The number of nitrogens with one attached hydrogen (secondary N) is 1. The SMILES string of the molecule is Clc1ncc(Br)c2nc(NC3CCC(OCC4CC4)CC3)ncc12. The first-order valence-electron chi connectivity index (χ1n) is 8.54. The van der Waals surface area contributed by atoms with Crippen LogP contribution in [0, 0.1) is 5.92 Å². The number of rotatable bonds is 5. The van der Waals surface area contributed by atoms with Crippen LogP contribution in [0.25, 0.3) is 10.9 Å². The molecule has 0 aliphatic heterocycles. The average molecular weight is 412 g/mol. The van der Waals surface area contributed by atoms with Crippen LogP contribution in [0.2, 0.25) is 5.15 Å². The van der Waals surface area contributed by atoms with Crippen molar-refractivity contribution in [1.82, 2.24) is 15.0 Å². The lowest BCUT2D eigenvalue weighted by atomic mass is 9.93. The molecule has 0 unspecified atom stereocenters. The Kier molecular flexibility index (Phi) is 4.88. The Balaban J connectivity index is 1.37. The third kappa shape index (κ3) is 3.81.